The molecule has 0 amide bonds. The lowest BCUT2D eigenvalue weighted by Gasteiger charge is -2.10. The van der Waals surface area contributed by atoms with E-state index in [0.717, 1.165) is 38.4 Å². The number of hydrogen-bond donors (Lipinski definition) is 0. The van der Waals surface area contributed by atoms with Crippen LogP contribution in [-0.4, -0.2) is 9.97 Å². The molecule has 0 aliphatic heterocycles. The number of benzene rings is 6. The third-order valence-corrected chi connectivity index (χ3v) is 8.72. The summed E-state index contributed by atoms with van der Waals surface area (Å²) < 4.78 is 1.23. The second-order valence-electron chi connectivity index (χ2n) is 10.3. The fraction of sp³-hybridized carbons (Fsp3) is 0. The van der Waals surface area contributed by atoms with E-state index < -0.39 is 0 Å². The molecule has 41 heavy (non-hydrogen) atoms. The minimum Gasteiger partial charge on any atom is -0.227 e. The molecule has 0 atom stereocenters. The summed E-state index contributed by atoms with van der Waals surface area (Å²) in [6, 6.07) is 51.4. The molecule has 0 fully saturated rings. The molecule has 3 heteroatoms. The number of fused-ring (bicyclic) bond motifs is 4. The van der Waals surface area contributed by atoms with Crippen LogP contribution in [0.4, 0.5) is 0 Å². The Kier molecular flexibility index (Phi) is 5.68. The molecule has 0 aliphatic carbocycles. The maximum atomic E-state index is 5.24. The first-order valence-corrected chi connectivity index (χ1v) is 14.6. The molecule has 0 aliphatic rings. The molecular weight excluding hydrogens is 516 g/mol. The van der Waals surface area contributed by atoms with Crippen molar-refractivity contribution in [3.63, 3.8) is 0 Å². The summed E-state index contributed by atoms with van der Waals surface area (Å²) in [5.74, 6) is 0.744. The van der Waals surface area contributed by atoms with E-state index in [0.29, 0.717) is 0 Å². The topological polar surface area (TPSA) is 25.8 Å². The second-order valence-corrected chi connectivity index (χ2v) is 11.3. The Bertz CT molecular complexity index is 2200. The van der Waals surface area contributed by atoms with Crippen LogP contribution in [0.3, 0.4) is 0 Å². The molecule has 2 nitrogen and oxygen atoms in total. The average Bonchev–Trinajstić information content (AvgIpc) is 3.41. The van der Waals surface area contributed by atoms with E-state index >= 15 is 0 Å². The standard InChI is InChI=1S/C38H24N2S/c1-3-11-25(12-4-1)27-17-9-18-28(21-27)29-19-10-20-32(22-29)37-39-36(26-13-5-2-6-14-26)35-33-23-30-15-7-8-16-31(30)24-34(33)41-38(35)40-37/h1-24H. The first kappa shape index (κ1) is 23.7. The molecule has 0 bridgehead atoms. The molecule has 8 rings (SSSR count). The van der Waals surface area contributed by atoms with E-state index in [1.54, 1.807) is 11.3 Å². The normalized spacial score (nSPS) is 11.4. The molecule has 192 valence electrons. The lowest BCUT2D eigenvalue weighted by atomic mass is 9.98. The van der Waals surface area contributed by atoms with Crippen LogP contribution >= 0.6 is 11.3 Å². The van der Waals surface area contributed by atoms with Gasteiger partial charge in [0.2, 0.25) is 0 Å². The molecule has 2 heterocycles. The van der Waals surface area contributed by atoms with Gasteiger partial charge in [-0.25, -0.2) is 9.97 Å². The average molecular weight is 541 g/mol. The fourth-order valence-corrected chi connectivity index (χ4v) is 6.75. The van der Waals surface area contributed by atoms with Crippen LogP contribution in [0.15, 0.2) is 146 Å². The number of thiophene rings is 1. The molecule has 2 aromatic heterocycles. The third-order valence-electron chi connectivity index (χ3n) is 7.67. The fourth-order valence-electron chi connectivity index (χ4n) is 5.64. The largest absolute Gasteiger partial charge is 0.227 e. The summed E-state index contributed by atoms with van der Waals surface area (Å²) in [5.41, 5.74) is 7.82. The summed E-state index contributed by atoms with van der Waals surface area (Å²) in [6.45, 7) is 0. The molecule has 0 saturated heterocycles. The highest BCUT2D eigenvalue weighted by Crippen LogP contribution is 2.41. The van der Waals surface area contributed by atoms with Crippen LogP contribution in [0.1, 0.15) is 0 Å². The second kappa shape index (κ2) is 9.81. The Hall–Kier alpha value is -5.12. The van der Waals surface area contributed by atoms with E-state index in [-0.39, 0.29) is 0 Å². The van der Waals surface area contributed by atoms with Crippen molar-refractivity contribution in [1.82, 2.24) is 9.97 Å². The van der Waals surface area contributed by atoms with Crippen molar-refractivity contribution in [2.75, 3.05) is 0 Å². The zero-order chi connectivity index (χ0) is 27.2. The van der Waals surface area contributed by atoms with E-state index in [4.69, 9.17) is 9.97 Å². The predicted octanol–water partition coefficient (Wildman–Crippen LogP) is 10.7. The van der Waals surface area contributed by atoms with Gasteiger partial charge in [0.05, 0.1) is 5.69 Å². The number of nitrogens with zero attached hydrogens (tertiary/aromatic N) is 2. The maximum absolute atomic E-state index is 5.24. The summed E-state index contributed by atoms with van der Waals surface area (Å²) in [5, 5.41) is 4.80. The van der Waals surface area contributed by atoms with Gasteiger partial charge < -0.3 is 0 Å². The molecule has 0 radical (unpaired) electrons. The van der Waals surface area contributed by atoms with Crippen molar-refractivity contribution >= 4 is 42.4 Å². The Labute approximate surface area is 242 Å². The highest BCUT2D eigenvalue weighted by Gasteiger charge is 2.17. The highest BCUT2D eigenvalue weighted by atomic mass is 32.1. The lowest BCUT2D eigenvalue weighted by molar-refractivity contribution is 1.24. The van der Waals surface area contributed by atoms with Gasteiger partial charge in [0.15, 0.2) is 5.82 Å². The van der Waals surface area contributed by atoms with Gasteiger partial charge in [-0.15, -0.1) is 11.3 Å². The number of rotatable bonds is 4. The monoisotopic (exact) mass is 540 g/mol. The van der Waals surface area contributed by atoms with Crippen LogP contribution in [0.2, 0.25) is 0 Å². The van der Waals surface area contributed by atoms with Gasteiger partial charge in [0, 0.05) is 26.6 Å². The molecule has 8 aromatic rings. The van der Waals surface area contributed by atoms with Crippen molar-refractivity contribution in [2.24, 2.45) is 0 Å². The number of hydrogen-bond acceptors (Lipinski definition) is 3. The Balaban J connectivity index is 1.31. The van der Waals surface area contributed by atoms with Gasteiger partial charge in [0.1, 0.15) is 4.83 Å². The minimum atomic E-state index is 0.744. The molecule has 0 unspecified atom stereocenters. The van der Waals surface area contributed by atoms with Crippen LogP contribution in [-0.2, 0) is 0 Å². The van der Waals surface area contributed by atoms with Crippen molar-refractivity contribution in [2.45, 2.75) is 0 Å². The van der Waals surface area contributed by atoms with Gasteiger partial charge in [-0.05, 0) is 57.3 Å². The summed E-state index contributed by atoms with van der Waals surface area (Å²) in [6.07, 6.45) is 0. The van der Waals surface area contributed by atoms with Crippen molar-refractivity contribution < 1.29 is 0 Å². The smallest absolute Gasteiger partial charge is 0.161 e. The number of aromatic nitrogens is 2. The predicted molar refractivity (Wildman–Crippen MR) is 174 cm³/mol. The SMILES string of the molecule is c1ccc(-c2cccc(-c3cccc(-c4nc(-c5ccccc5)c5c(n4)sc4cc6ccccc6cc45)c3)c2)cc1. The maximum Gasteiger partial charge on any atom is 0.161 e. The lowest BCUT2D eigenvalue weighted by Crippen LogP contribution is -1.94. The quantitative estimate of drug-likeness (QED) is 0.222. The van der Waals surface area contributed by atoms with Gasteiger partial charge in [-0.3, -0.25) is 0 Å². The van der Waals surface area contributed by atoms with Gasteiger partial charge in [0.25, 0.3) is 0 Å². The first-order chi connectivity index (χ1) is 20.3. The third kappa shape index (κ3) is 4.28. The summed E-state index contributed by atoms with van der Waals surface area (Å²) in [7, 11) is 0. The van der Waals surface area contributed by atoms with Crippen molar-refractivity contribution in [1.29, 1.82) is 0 Å². The van der Waals surface area contributed by atoms with Gasteiger partial charge in [-0.1, -0.05) is 121 Å². The van der Waals surface area contributed by atoms with E-state index in [9.17, 15) is 0 Å². The van der Waals surface area contributed by atoms with Crippen LogP contribution in [0, 0.1) is 0 Å². The summed E-state index contributed by atoms with van der Waals surface area (Å²) >= 11 is 1.74. The molecule has 0 saturated carbocycles. The summed E-state index contributed by atoms with van der Waals surface area (Å²) in [4.78, 5) is 11.4. The molecule has 0 N–H and O–H groups in total. The van der Waals surface area contributed by atoms with Crippen LogP contribution < -0.4 is 0 Å². The Morgan fingerprint density at radius 2 is 0.951 bits per heavy atom. The van der Waals surface area contributed by atoms with E-state index in [1.165, 1.54) is 37.5 Å². The first-order valence-electron chi connectivity index (χ1n) is 13.7. The minimum absolute atomic E-state index is 0.744. The van der Waals surface area contributed by atoms with E-state index in [2.05, 4.69) is 146 Å². The molecule has 6 aromatic carbocycles. The highest BCUT2D eigenvalue weighted by molar-refractivity contribution is 7.25. The van der Waals surface area contributed by atoms with Crippen LogP contribution in [0.5, 0.6) is 0 Å². The van der Waals surface area contributed by atoms with E-state index in [1.807, 2.05) is 0 Å². The van der Waals surface area contributed by atoms with Crippen molar-refractivity contribution in [3.8, 4) is 44.9 Å². The zero-order valence-corrected chi connectivity index (χ0v) is 23.0. The molecular formula is C38H24N2S. The zero-order valence-electron chi connectivity index (χ0n) is 22.2. The Morgan fingerprint density at radius 1 is 0.415 bits per heavy atom. The van der Waals surface area contributed by atoms with Crippen LogP contribution in [0.25, 0.3) is 76.0 Å². The van der Waals surface area contributed by atoms with Crippen molar-refractivity contribution in [3.05, 3.63) is 146 Å². The van der Waals surface area contributed by atoms with Gasteiger partial charge >= 0.3 is 0 Å². The van der Waals surface area contributed by atoms with Gasteiger partial charge in [-0.2, -0.15) is 0 Å². The molecule has 0 spiro atoms. The Morgan fingerprint density at radius 3 is 1.66 bits per heavy atom.